The molecule has 0 atom stereocenters. The quantitative estimate of drug-likeness (QED) is 0.368. The second kappa shape index (κ2) is 11.1. The van der Waals surface area contributed by atoms with Crippen LogP contribution in [-0.4, -0.2) is 35.2 Å². The van der Waals surface area contributed by atoms with Crippen molar-refractivity contribution in [2.75, 3.05) is 24.7 Å². The van der Waals surface area contributed by atoms with Gasteiger partial charge in [0.15, 0.2) is 0 Å². The highest BCUT2D eigenvalue weighted by atomic mass is 16.5. The summed E-state index contributed by atoms with van der Waals surface area (Å²) in [5.41, 5.74) is 3.00. The van der Waals surface area contributed by atoms with Gasteiger partial charge in [-0.25, -0.2) is 4.98 Å². The molecule has 1 saturated carbocycles. The van der Waals surface area contributed by atoms with Gasteiger partial charge in [-0.3, -0.25) is 4.98 Å². The molecule has 0 bridgehead atoms. The van der Waals surface area contributed by atoms with Crippen molar-refractivity contribution < 1.29 is 4.74 Å². The Hall–Kier alpha value is -4.22. The Balaban J connectivity index is 0.000000868. The zero-order valence-electron chi connectivity index (χ0n) is 19.2. The van der Waals surface area contributed by atoms with Crippen LogP contribution in [0.4, 0.5) is 23.1 Å². The van der Waals surface area contributed by atoms with E-state index in [0.29, 0.717) is 23.1 Å². The summed E-state index contributed by atoms with van der Waals surface area (Å²) in [6, 6.07) is 19.4. The third-order valence-corrected chi connectivity index (χ3v) is 5.22. The highest BCUT2D eigenvalue weighted by Crippen LogP contribution is 2.30. The Morgan fingerprint density at radius 1 is 0.971 bits per heavy atom. The van der Waals surface area contributed by atoms with Gasteiger partial charge in [0.05, 0.1) is 29.1 Å². The number of fused-ring (bicyclic) bond motifs is 1. The number of rotatable bonds is 6. The summed E-state index contributed by atoms with van der Waals surface area (Å²) in [6.45, 7) is 0. The zero-order valence-corrected chi connectivity index (χ0v) is 19.2. The standard InChI is InChI=1S/C24H20N6O.C2H7N/c25-14-17-13-18(8-9-22(17)31-20-5-3-6-20)29-24-26-11-10-23(30-24)28-19-12-16-4-1-2-7-21(16)27-15-19;1-3-2/h1-2,4,7-13,15,20H,3,5-6H2,(H2,26,28,29,30);3H,1-2H3. The zero-order chi connectivity index (χ0) is 23.8. The summed E-state index contributed by atoms with van der Waals surface area (Å²) in [5, 5.41) is 19.7. The molecule has 1 fully saturated rings. The molecule has 8 nitrogen and oxygen atoms in total. The summed E-state index contributed by atoms with van der Waals surface area (Å²) >= 11 is 0. The lowest BCUT2D eigenvalue weighted by Crippen LogP contribution is -2.24. The second-order valence-corrected chi connectivity index (χ2v) is 7.93. The maximum atomic E-state index is 9.49. The monoisotopic (exact) mass is 453 g/mol. The predicted molar refractivity (Wildman–Crippen MR) is 135 cm³/mol. The smallest absolute Gasteiger partial charge is 0.229 e. The second-order valence-electron chi connectivity index (χ2n) is 7.93. The number of nitrogens with one attached hydrogen (secondary N) is 3. The molecule has 0 amide bonds. The minimum atomic E-state index is 0.224. The Labute approximate surface area is 199 Å². The van der Waals surface area contributed by atoms with Gasteiger partial charge in [-0.2, -0.15) is 10.2 Å². The summed E-state index contributed by atoms with van der Waals surface area (Å²) in [7, 11) is 3.75. The van der Waals surface area contributed by atoms with Crippen LogP contribution in [-0.2, 0) is 0 Å². The first-order valence-corrected chi connectivity index (χ1v) is 11.2. The number of benzene rings is 2. The number of hydrogen-bond acceptors (Lipinski definition) is 8. The van der Waals surface area contributed by atoms with E-state index in [9.17, 15) is 5.26 Å². The van der Waals surface area contributed by atoms with Crippen LogP contribution < -0.4 is 20.7 Å². The van der Waals surface area contributed by atoms with E-state index in [4.69, 9.17) is 4.74 Å². The number of para-hydroxylation sites is 1. The van der Waals surface area contributed by atoms with Gasteiger partial charge in [0.1, 0.15) is 17.6 Å². The number of pyridine rings is 1. The SMILES string of the molecule is CNC.N#Cc1cc(Nc2nccc(Nc3cnc4ccccc4c3)n2)ccc1OC1CCC1. The van der Waals surface area contributed by atoms with Crippen LogP contribution >= 0.6 is 0 Å². The Bertz CT molecular complexity index is 1300. The average molecular weight is 454 g/mol. The lowest BCUT2D eigenvalue weighted by Gasteiger charge is -2.26. The fourth-order valence-electron chi connectivity index (χ4n) is 3.37. The first kappa shape index (κ1) is 23.0. The molecule has 3 N–H and O–H groups in total. The van der Waals surface area contributed by atoms with E-state index < -0.39 is 0 Å². The molecular formula is C26H27N7O. The van der Waals surface area contributed by atoms with Crippen LogP contribution in [0.2, 0.25) is 0 Å². The average Bonchev–Trinajstić information content (AvgIpc) is 2.82. The van der Waals surface area contributed by atoms with E-state index in [1.807, 2.05) is 56.6 Å². The fourth-order valence-corrected chi connectivity index (χ4v) is 3.37. The number of ether oxygens (including phenoxy) is 1. The van der Waals surface area contributed by atoms with Gasteiger partial charge in [-0.05, 0) is 69.8 Å². The number of aromatic nitrogens is 3. The van der Waals surface area contributed by atoms with Crippen molar-refractivity contribution in [2.45, 2.75) is 25.4 Å². The Morgan fingerprint density at radius 2 is 1.79 bits per heavy atom. The number of anilines is 4. The Kier molecular flexibility index (Phi) is 7.48. The third-order valence-electron chi connectivity index (χ3n) is 5.22. The number of hydrogen-bond donors (Lipinski definition) is 3. The van der Waals surface area contributed by atoms with Gasteiger partial charge in [0.25, 0.3) is 0 Å². The van der Waals surface area contributed by atoms with Gasteiger partial charge < -0.3 is 20.7 Å². The van der Waals surface area contributed by atoms with E-state index in [-0.39, 0.29) is 6.10 Å². The first-order chi connectivity index (χ1) is 16.7. The minimum Gasteiger partial charge on any atom is -0.489 e. The lowest BCUT2D eigenvalue weighted by atomic mass is 9.96. The van der Waals surface area contributed by atoms with Crippen LogP contribution in [0.5, 0.6) is 5.75 Å². The maximum absolute atomic E-state index is 9.49. The largest absolute Gasteiger partial charge is 0.489 e. The molecule has 2 aromatic heterocycles. The number of nitrogens with zero attached hydrogens (tertiary/aromatic N) is 4. The third kappa shape index (κ3) is 5.77. The molecule has 1 aliphatic carbocycles. The molecule has 34 heavy (non-hydrogen) atoms. The van der Waals surface area contributed by atoms with Crippen LogP contribution in [0.25, 0.3) is 10.9 Å². The normalized spacial score (nSPS) is 12.6. The topological polar surface area (TPSA) is 108 Å². The molecule has 1 aliphatic rings. The summed E-state index contributed by atoms with van der Waals surface area (Å²) in [4.78, 5) is 13.3. The van der Waals surface area contributed by atoms with Crippen molar-refractivity contribution in [1.29, 1.82) is 5.26 Å². The van der Waals surface area contributed by atoms with Gasteiger partial charge in [0.2, 0.25) is 5.95 Å². The molecule has 0 saturated heterocycles. The van der Waals surface area contributed by atoms with E-state index in [0.717, 1.165) is 35.1 Å². The van der Waals surface area contributed by atoms with Crippen LogP contribution in [0.1, 0.15) is 24.8 Å². The number of nitriles is 1. The van der Waals surface area contributed by atoms with Crippen LogP contribution in [0, 0.1) is 11.3 Å². The van der Waals surface area contributed by atoms with E-state index in [2.05, 4.69) is 37.0 Å². The molecule has 0 radical (unpaired) electrons. The van der Waals surface area contributed by atoms with Gasteiger partial charge in [0, 0.05) is 17.3 Å². The van der Waals surface area contributed by atoms with E-state index >= 15 is 0 Å². The van der Waals surface area contributed by atoms with E-state index in [1.54, 1.807) is 24.5 Å². The molecule has 2 heterocycles. The van der Waals surface area contributed by atoms with E-state index in [1.165, 1.54) is 6.42 Å². The van der Waals surface area contributed by atoms with Crippen molar-refractivity contribution in [2.24, 2.45) is 0 Å². The first-order valence-electron chi connectivity index (χ1n) is 11.2. The van der Waals surface area contributed by atoms with Gasteiger partial charge in [-0.1, -0.05) is 18.2 Å². The van der Waals surface area contributed by atoms with Gasteiger partial charge in [-0.15, -0.1) is 0 Å². The summed E-state index contributed by atoms with van der Waals surface area (Å²) < 4.78 is 5.90. The molecule has 8 heteroatoms. The van der Waals surface area contributed by atoms with Crippen molar-refractivity contribution in [3.05, 3.63) is 72.6 Å². The molecule has 4 aromatic rings. The maximum Gasteiger partial charge on any atom is 0.229 e. The summed E-state index contributed by atoms with van der Waals surface area (Å²) in [5.74, 6) is 1.69. The van der Waals surface area contributed by atoms with Crippen LogP contribution in [0.15, 0.2) is 67.0 Å². The molecular weight excluding hydrogens is 426 g/mol. The van der Waals surface area contributed by atoms with Crippen molar-refractivity contribution in [1.82, 2.24) is 20.3 Å². The van der Waals surface area contributed by atoms with Crippen LogP contribution in [0.3, 0.4) is 0 Å². The highest BCUT2D eigenvalue weighted by Gasteiger charge is 2.20. The van der Waals surface area contributed by atoms with Crippen molar-refractivity contribution in [3.8, 4) is 11.8 Å². The fraction of sp³-hybridized carbons (Fsp3) is 0.231. The molecule has 0 spiro atoms. The molecule has 172 valence electrons. The minimum absolute atomic E-state index is 0.224. The molecule has 5 rings (SSSR count). The van der Waals surface area contributed by atoms with Crippen molar-refractivity contribution >= 4 is 34.0 Å². The molecule has 0 aliphatic heterocycles. The van der Waals surface area contributed by atoms with Crippen molar-refractivity contribution in [3.63, 3.8) is 0 Å². The Morgan fingerprint density at radius 3 is 2.56 bits per heavy atom. The van der Waals surface area contributed by atoms with Gasteiger partial charge >= 0.3 is 0 Å². The molecule has 0 unspecified atom stereocenters. The summed E-state index contributed by atoms with van der Waals surface area (Å²) in [6.07, 6.45) is 6.95. The lowest BCUT2D eigenvalue weighted by molar-refractivity contribution is 0.120. The predicted octanol–water partition coefficient (Wildman–Crippen LogP) is 5.15. The molecule has 2 aromatic carbocycles. The highest BCUT2D eigenvalue weighted by molar-refractivity contribution is 5.82.